The van der Waals surface area contributed by atoms with Gasteiger partial charge in [-0.3, -0.25) is 0 Å². The van der Waals surface area contributed by atoms with Crippen molar-refractivity contribution in [1.82, 2.24) is 0 Å². The first-order valence-electron chi connectivity index (χ1n) is 3.82. The molecule has 0 aromatic heterocycles. The Morgan fingerprint density at radius 2 is 1.17 bits per heavy atom. The predicted molar refractivity (Wildman–Crippen MR) is 40.4 cm³/mol. The summed E-state index contributed by atoms with van der Waals surface area (Å²) >= 11 is 0. The number of hydrogen-bond acceptors (Lipinski definition) is 0. The van der Waals surface area contributed by atoms with Crippen LogP contribution in [-0.2, 0) is 0 Å². The van der Waals surface area contributed by atoms with Gasteiger partial charge in [-0.05, 0) is 0 Å². The minimum Gasteiger partial charge on any atom is -0.449 e. The molecule has 0 bridgehead atoms. The third-order valence-corrected chi connectivity index (χ3v) is 3.51. The van der Waals surface area contributed by atoms with Crippen LogP contribution >= 0.6 is 0 Å². The van der Waals surface area contributed by atoms with Crippen molar-refractivity contribution in [3.63, 3.8) is 0 Å². The average Bonchev–Trinajstić information content (AvgIpc) is 1.93. The zero-order valence-corrected chi connectivity index (χ0v) is 11.4. The van der Waals surface area contributed by atoms with E-state index in [4.69, 9.17) is 0 Å². The van der Waals surface area contributed by atoms with Crippen LogP contribution < -0.4 is 51.4 Å². The van der Waals surface area contributed by atoms with Gasteiger partial charge in [-0.1, -0.05) is 44.3 Å². The molecule has 0 unspecified atom stereocenters. The van der Waals surface area contributed by atoms with E-state index in [-0.39, 0.29) is 51.4 Å². The molecule has 0 aliphatic heterocycles. The molecule has 1 aliphatic rings. The normalized spacial score (nSPS) is 26.2. The van der Waals surface area contributed by atoms with E-state index >= 15 is 0 Å². The molecular weight excluding hydrogens is 191 g/mol. The van der Waals surface area contributed by atoms with Gasteiger partial charge in [0.15, 0.2) is 0 Å². The standard InChI is InChI=1S/C7H13BF3.K/c1-6(2)5(7(6,3)4)8(9,10)11;/h5H,1-4H3;/q-1;+1. The summed E-state index contributed by atoms with van der Waals surface area (Å²) in [4.78, 5) is 0. The van der Waals surface area contributed by atoms with Gasteiger partial charge < -0.3 is 12.9 Å². The Bertz CT molecular complexity index is 172. The van der Waals surface area contributed by atoms with Crippen LogP contribution in [0.3, 0.4) is 0 Å². The van der Waals surface area contributed by atoms with Crippen molar-refractivity contribution in [2.24, 2.45) is 10.8 Å². The molecule has 12 heavy (non-hydrogen) atoms. The first-order chi connectivity index (χ1) is 4.62. The molecule has 1 fully saturated rings. The van der Waals surface area contributed by atoms with Crippen molar-refractivity contribution in [2.75, 3.05) is 0 Å². The van der Waals surface area contributed by atoms with E-state index in [2.05, 4.69) is 0 Å². The topological polar surface area (TPSA) is 0 Å². The van der Waals surface area contributed by atoms with E-state index in [0.29, 0.717) is 0 Å². The number of halogens is 3. The van der Waals surface area contributed by atoms with Gasteiger partial charge in [-0.25, -0.2) is 0 Å². The number of rotatable bonds is 1. The van der Waals surface area contributed by atoms with Gasteiger partial charge in [0.25, 0.3) is 0 Å². The molecule has 0 radical (unpaired) electrons. The largest absolute Gasteiger partial charge is 1.00 e. The summed E-state index contributed by atoms with van der Waals surface area (Å²) in [6.07, 6.45) is 0. The van der Waals surface area contributed by atoms with Crippen LogP contribution in [0, 0.1) is 10.8 Å². The summed E-state index contributed by atoms with van der Waals surface area (Å²) in [5.41, 5.74) is -1.10. The molecule has 0 aromatic carbocycles. The Morgan fingerprint density at radius 3 is 1.17 bits per heavy atom. The quantitative estimate of drug-likeness (QED) is 0.538. The van der Waals surface area contributed by atoms with Gasteiger partial charge in [0.2, 0.25) is 0 Å². The van der Waals surface area contributed by atoms with Gasteiger partial charge in [-0.2, -0.15) is 0 Å². The Morgan fingerprint density at radius 1 is 0.917 bits per heavy atom. The maximum atomic E-state index is 12.3. The first kappa shape index (κ1) is 13.5. The molecule has 0 spiro atoms. The molecule has 0 aromatic rings. The summed E-state index contributed by atoms with van der Waals surface area (Å²) in [6.45, 7) is 2.11. The third-order valence-electron chi connectivity index (χ3n) is 3.51. The van der Waals surface area contributed by atoms with E-state index in [1.54, 1.807) is 27.7 Å². The molecule has 0 amide bonds. The smallest absolute Gasteiger partial charge is 0.449 e. The van der Waals surface area contributed by atoms with E-state index < -0.39 is 23.6 Å². The summed E-state index contributed by atoms with van der Waals surface area (Å²) in [7, 11) is 0. The first-order valence-corrected chi connectivity index (χ1v) is 3.82. The van der Waals surface area contributed by atoms with E-state index in [1.807, 2.05) is 0 Å². The molecule has 0 saturated heterocycles. The molecule has 0 heterocycles. The van der Waals surface area contributed by atoms with Crippen molar-refractivity contribution in [2.45, 2.75) is 33.5 Å². The van der Waals surface area contributed by atoms with Gasteiger partial charge in [0.1, 0.15) is 0 Å². The fraction of sp³-hybridized carbons (Fsp3) is 1.00. The van der Waals surface area contributed by atoms with Crippen LogP contribution in [-0.4, -0.2) is 6.98 Å². The summed E-state index contributed by atoms with van der Waals surface area (Å²) in [5, 5.41) is 0. The van der Waals surface area contributed by atoms with Gasteiger partial charge >= 0.3 is 58.4 Å². The average molecular weight is 204 g/mol. The Labute approximate surface area is 114 Å². The SMILES string of the molecule is CC1(C)C([B-](F)(F)F)C1(C)C.[K+]. The van der Waals surface area contributed by atoms with Gasteiger partial charge in [0, 0.05) is 0 Å². The summed E-state index contributed by atoms with van der Waals surface area (Å²) < 4.78 is 36.9. The van der Waals surface area contributed by atoms with Crippen LogP contribution in [0.5, 0.6) is 0 Å². The summed E-state index contributed by atoms with van der Waals surface area (Å²) in [6, 6.07) is 0. The maximum absolute atomic E-state index is 12.3. The molecule has 0 N–H and O–H groups in total. The molecule has 0 nitrogen and oxygen atoms in total. The zero-order chi connectivity index (χ0) is 9.08. The van der Waals surface area contributed by atoms with Gasteiger partial charge in [0.05, 0.1) is 0 Å². The Balaban J connectivity index is 0.00000121. The van der Waals surface area contributed by atoms with Crippen LogP contribution in [0.25, 0.3) is 0 Å². The molecule has 1 rings (SSSR count). The monoisotopic (exact) mass is 204 g/mol. The van der Waals surface area contributed by atoms with Crippen molar-refractivity contribution >= 4 is 6.98 Å². The van der Waals surface area contributed by atoms with E-state index in [1.165, 1.54) is 0 Å². The zero-order valence-electron chi connectivity index (χ0n) is 8.29. The molecule has 66 valence electrons. The third kappa shape index (κ3) is 1.80. The molecular formula is C7H13BF3K. The van der Waals surface area contributed by atoms with Crippen LogP contribution in [0.1, 0.15) is 27.7 Å². The van der Waals surface area contributed by atoms with E-state index in [0.717, 1.165) is 0 Å². The second kappa shape index (κ2) is 3.26. The van der Waals surface area contributed by atoms with Crippen LogP contribution in [0.15, 0.2) is 0 Å². The predicted octanol–water partition coefficient (Wildman–Crippen LogP) is 0.274. The van der Waals surface area contributed by atoms with Crippen LogP contribution in [0.4, 0.5) is 12.9 Å². The Hall–Kier alpha value is 1.49. The fourth-order valence-electron chi connectivity index (χ4n) is 2.19. The van der Waals surface area contributed by atoms with Crippen molar-refractivity contribution in [3.05, 3.63) is 0 Å². The van der Waals surface area contributed by atoms with Crippen molar-refractivity contribution in [3.8, 4) is 0 Å². The maximum Gasteiger partial charge on any atom is 1.00 e. The van der Waals surface area contributed by atoms with E-state index in [9.17, 15) is 12.9 Å². The molecule has 5 heteroatoms. The number of hydrogen-bond donors (Lipinski definition) is 0. The molecule has 1 saturated carbocycles. The second-order valence-electron chi connectivity index (χ2n) is 4.55. The minimum absolute atomic E-state index is 0. The summed E-state index contributed by atoms with van der Waals surface area (Å²) in [5.74, 6) is -1.06. The van der Waals surface area contributed by atoms with Crippen LogP contribution in [0.2, 0.25) is 5.82 Å². The van der Waals surface area contributed by atoms with Crippen molar-refractivity contribution < 1.29 is 64.3 Å². The molecule has 1 aliphatic carbocycles. The second-order valence-corrected chi connectivity index (χ2v) is 4.55. The Kier molecular flexibility index (Phi) is 3.67. The minimum atomic E-state index is -4.64. The van der Waals surface area contributed by atoms with Gasteiger partial charge in [-0.15, -0.1) is 0 Å². The fourth-order valence-corrected chi connectivity index (χ4v) is 2.19. The molecule has 0 atom stereocenters. The van der Waals surface area contributed by atoms with Crippen molar-refractivity contribution in [1.29, 1.82) is 0 Å².